The number of hydrogen-bond acceptors (Lipinski definition) is 2. The first-order valence-electron chi connectivity index (χ1n) is 6.30. The normalized spacial score (nSPS) is 29.1. The maximum Gasteiger partial charge on any atom is 0.155 e. The molecule has 0 aromatic carbocycles. The Labute approximate surface area is 93.0 Å². The van der Waals surface area contributed by atoms with Gasteiger partial charge in [0.25, 0.3) is 0 Å². The number of Topliss-reactive ketones (excluding diaryl/α,β-unsaturated/α-hetero) is 1. The smallest absolute Gasteiger partial charge is 0.155 e. The number of likely N-dealkylation sites (tertiary alicyclic amines) is 1. The number of carbonyl (C=O) groups is 1. The third-order valence-corrected chi connectivity index (χ3v) is 3.88. The van der Waals surface area contributed by atoms with E-state index in [4.69, 9.17) is 0 Å². The van der Waals surface area contributed by atoms with Crippen molar-refractivity contribution in [2.24, 2.45) is 5.41 Å². The Morgan fingerprint density at radius 1 is 1.13 bits per heavy atom. The zero-order valence-corrected chi connectivity index (χ0v) is 10.3. The van der Waals surface area contributed by atoms with E-state index in [0.29, 0.717) is 5.78 Å². The molecule has 2 fully saturated rings. The van der Waals surface area contributed by atoms with Crippen molar-refractivity contribution in [2.45, 2.75) is 65.0 Å². The highest BCUT2D eigenvalue weighted by atomic mass is 16.1. The van der Waals surface area contributed by atoms with Gasteiger partial charge < -0.3 is 0 Å². The lowest BCUT2D eigenvalue weighted by atomic mass is 9.83. The molecule has 0 amide bonds. The molecule has 1 saturated carbocycles. The van der Waals surface area contributed by atoms with Gasteiger partial charge in [-0.1, -0.05) is 27.2 Å². The monoisotopic (exact) mass is 209 g/mol. The molecule has 2 nitrogen and oxygen atoms in total. The summed E-state index contributed by atoms with van der Waals surface area (Å²) >= 11 is 0. The van der Waals surface area contributed by atoms with Gasteiger partial charge >= 0.3 is 0 Å². The first-order valence-corrected chi connectivity index (χ1v) is 6.30. The highest BCUT2D eigenvalue weighted by Gasteiger charge is 2.40. The Hall–Kier alpha value is -0.370. The van der Waals surface area contributed by atoms with Crippen LogP contribution in [0.1, 0.15) is 52.9 Å². The number of nitrogens with zero attached hydrogens (tertiary/aromatic N) is 1. The summed E-state index contributed by atoms with van der Waals surface area (Å²) in [5.41, 5.74) is -0.170. The van der Waals surface area contributed by atoms with Crippen LogP contribution in [0.4, 0.5) is 0 Å². The van der Waals surface area contributed by atoms with Crippen LogP contribution in [0, 0.1) is 5.41 Å². The van der Waals surface area contributed by atoms with Crippen LogP contribution in [-0.4, -0.2) is 29.3 Å². The van der Waals surface area contributed by atoms with Gasteiger partial charge in [0.2, 0.25) is 0 Å². The highest BCUT2D eigenvalue weighted by Crippen LogP contribution is 2.34. The first kappa shape index (κ1) is 11.1. The van der Waals surface area contributed by atoms with Crippen molar-refractivity contribution in [2.75, 3.05) is 6.54 Å². The number of hydrogen-bond donors (Lipinski definition) is 0. The van der Waals surface area contributed by atoms with Gasteiger partial charge in [0.05, 0.1) is 6.04 Å². The molecular weight excluding hydrogens is 186 g/mol. The molecule has 0 spiro atoms. The second kappa shape index (κ2) is 3.89. The van der Waals surface area contributed by atoms with E-state index in [-0.39, 0.29) is 11.5 Å². The zero-order valence-electron chi connectivity index (χ0n) is 10.3. The number of carbonyl (C=O) groups excluding carboxylic acids is 1. The fourth-order valence-corrected chi connectivity index (χ4v) is 2.73. The van der Waals surface area contributed by atoms with E-state index in [1.165, 1.54) is 25.7 Å². The minimum Gasteiger partial charge on any atom is -0.297 e. The number of rotatable bonds is 2. The second-order valence-corrected chi connectivity index (χ2v) is 6.09. The molecule has 1 atom stereocenters. The molecule has 1 aliphatic heterocycles. The van der Waals surface area contributed by atoms with Crippen molar-refractivity contribution in [3.8, 4) is 0 Å². The van der Waals surface area contributed by atoms with E-state index >= 15 is 0 Å². The van der Waals surface area contributed by atoms with Crippen molar-refractivity contribution in [1.82, 2.24) is 4.90 Å². The lowest BCUT2D eigenvalue weighted by molar-refractivity contribution is -0.132. The molecule has 2 rings (SSSR count). The Balaban J connectivity index is 2.04. The maximum absolute atomic E-state index is 12.3. The average Bonchev–Trinajstić information content (AvgIpc) is 2.46. The minimum atomic E-state index is -0.170. The Bertz CT molecular complexity index is 250. The lowest BCUT2D eigenvalue weighted by Gasteiger charge is -2.39. The van der Waals surface area contributed by atoms with E-state index in [1.807, 2.05) is 20.8 Å². The molecule has 15 heavy (non-hydrogen) atoms. The summed E-state index contributed by atoms with van der Waals surface area (Å²) in [6.07, 6.45) is 6.29. The van der Waals surface area contributed by atoms with Gasteiger partial charge in [-0.15, -0.1) is 0 Å². The van der Waals surface area contributed by atoms with E-state index in [2.05, 4.69) is 4.90 Å². The maximum atomic E-state index is 12.3. The van der Waals surface area contributed by atoms with Crippen LogP contribution in [0.15, 0.2) is 0 Å². The van der Waals surface area contributed by atoms with Crippen LogP contribution in [0.3, 0.4) is 0 Å². The van der Waals surface area contributed by atoms with Gasteiger partial charge in [-0.05, 0) is 32.2 Å². The zero-order chi connectivity index (χ0) is 11.1. The standard InChI is InChI=1S/C13H23NO/c1-13(2,3)12(15)11-8-5-9-14(11)10-6-4-7-10/h10-11H,4-9H2,1-3H3/t11-/m0/s1. The molecule has 2 aliphatic rings. The van der Waals surface area contributed by atoms with Crippen LogP contribution in [0.25, 0.3) is 0 Å². The topological polar surface area (TPSA) is 20.3 Å². The summed E-state index contributed by atoms with van der Waals surface area (Å²) in [6, 6.07) is 0.957. The third-order valence-electron chi connectivity index (χ3n) is 3.88. The summed E-state index contributed by atoms with van der Waals surface area (Å²) in [6.45, 7) is 7.29. The van der Waals surface area contributed by atoms with Gasteiger partial charge in [-0.25, -0.2) is 0 Å². The lowest BCUT2D eigenvalue weighted by Crippen LogP contribution is -2.49. The third kappa shape index (κ3) is 2.10. The summed E-state index contributed by atoms with van der Waals surface area (Å²) in [7, 11) is 0. The Kier molecular flexibility index (Phi) is 2.89. The molecule has 1 heterocycles. The van der Waals surface area contributed by atoms with Crippen LogP contribution in [-0.2, 0) is 4.79 Å². The van der Waals surface area contributed by atoms with Crippen molar-refractivity contribution in [1.29, 1.82) is 0 Å². The summed E-state index contributed by atoms with van der Waals surface area (Å²) in [4.78, 5) is 14.8. The molecule has 0 unspecified atom stereocenters. The molecule has 0 aromatic heterocycles. The quantitative estimate of drug-likeness (QED) is 0.697. The summed E-state index contributed by atoms with van der Waals surface area (Å²) in [5.74, 6) is 0.451. The van der Waals surface area contributed by atoms with Gasteiger partial charge in [-0.3, -0.25) is 9.69 Å². The summed E-state index contributed by atoms with van der Waals surface area (Å²) in [5, 5.41) is 0. The van der Waals surface area contributed by atoms with Crippen LogP contribution in [0.2, 0.25) is 0 Å². The van der Waals surface area contributed by atoms with Gasteiger partial charge in [0.1, 0.15) is 0 Å². The van der Waals surface area contributed by atoms with Gasteiger partial charge in [0.15, 0.2) is 5.78 Å². The van der Waals surface area contributed by atoms with E-state index in [1.54, 1.807) is 0 Å². The molecule has 0 radical (unpaired) electrons. The molecule has 86 valence electrons. The average molecular weight is 209 g/mol. The number of ketones is 1. The SMILES string of the molecule is CC(C)(C)C(=O)[C@@H]1CCCN1C1CCC1. The molecule has 1 saturated heterocycles. The Morgan fingerprint density at radius 2 is 1.80 bits per heavy atom. The van der Waals surface area contributed by atoms with Crippen LogP contribution >= 0.6 is 0 Å². The van der Waals surface area contributed by atoms with Crippen molar-refractivity contribution < 1.29 is 4.79 Å². The van der Waals surface area contributed by atoms with Crippen LogP contribution in [0.5, 0.6) is 0 Å². The fourth-order valence-electron chi connectivity index (χ4n) is 2.73. The first-order chi connectivity index (χ1) is 7.00. The van der Waals surface area contributed by atoms with Crippen LogP contribution < -0.4 is 0 Å². The summed E-state index contributed by atoms with van der Waals surface area (Å²) < 4.78 is 0. The second-order valence-electron chi connectivity index (χ2n) is 6.09. The highest BCUT2D eigenvalue weighted by molar-refractivity contribution is 5.89. The van der Waals surface area contributed by atoms with E-state index in [9.17, 15) is 4.79 Å². The molecule has 0 bridgehead atoms. The van der Waals surface area contributed by atoms with Gasteiger partial charge in [-0.2, -0.15) is 0 Å². The van der Waals surface area contributed by atoms with E-state index < -0.39 is 0 Å². The minimum absolute atomic E-state index is 0.170. The molecule has 2 heteroatoms. The predicted molar refractivity (Wildman–Crippen MR) is 61.8 cm³/mol. The predicted octanol–water partition coefficient (Wildman–Crippen LogP) is 2.62. The van der Waals surface area contributed by atoms with Gasteiger partial charge in [0, 0.05) is 11.5 Å². The Morgan fingerprint density at radius 3 is 2.27 bits per heavy atom. The fraction of sp³-hybridized carbons (Fsp3) is 0.923. The molecular formula is C13H23NO. The van der Waals surface area contributed by atoms with E-state index in [0.717, 1.165) is 19.0 Å². The molecule has 0 aromatic rings. The largest absolute Gasteiger partial charge is 0.297 e. The molecule has 1 aliphatic carbocycles. The van der Waals surface area contributed by atoms with Crippen molar-refractivity contribution in [3.63, 3.8) is 0 Å². The van der Waals surface area contributed by atoms with Crippen molar-refractivity contribution in [3.05, 3.63) is 0 Å². The van der Waals surface area contributed by atoms with Crippen molar-refractivity contribution >= 4 is 5.78 Å². The molecule has 0 N–H and O–H groups in total.